The molecule has 2 aliphatic carbocycles. The molecule has 0 heterocycles. The second-order valence-electron chi connectivity index (χ2n) is 12.8. The average Bonchev–Trinajstić information content (AvgIpc) is 3.10. The average molecular weight is 639 g/mol. The second kappa shape index (κ2) is 14.8. The van der Waals surface area contributed by atoms with E-state index in [4.69, 9.17) is 9.47 Å². The first-order valence-electron chi connectivity index (χ1n) is 16.7. The Labute approximate surface area is 285 Å². The van der Waals surface area contributed by atoms with E-state index in [0.29, 0.717) is 26.1 Å². The van der Waals surface area contributed by atoms with Crippen LogP contribution in [0.15, 0.2) is 145 Å². The number of aryl methyl sites for hydroxylation is 4. The van der Waals surface area contributed by atoms with Crippen molar-refractivity contribution in [3.63, 3.8) is 0 Å². The fourth-order valence-corrected chi connectivity index (χ4v) is 5.72. The van der Waals surface area contributed by atoms with Gasteiger partial charge < -0.3 is 30.7 Å². The van der Waals surface area contributed by atoms with Crippen molar-refractivity contribution in [3.05, 3.63) is 167 Å². The van der Waals surface area contributed by atoms with E-state index in [1.165, 1.54) is 22.3 Å². The van der Waals surface area contributed by atoms with Crippen LogP contribution in [-0.2, 0) is 9.47 Å². The zero-order valence-corrected chi connectivity index (χ0v) is 28.3. The van der Waals surface area contributed by atoms with E-state index < -0.39 is 11.4 Å². The molecule has 0 amide bonds. The van der Waals surface area contributed by atoms with Gasteiger partial charge in [0.25, 0.3) is 0 Å². The first-order chi connectivity index (χ1) is 23.3. The first kappa shape index (κ1) is 32.9. The molecule has 2 atom stereocenters. The molecule has 48 heavy (non-hydrogen) atoms. The van der Waals surface area contributed by atoms with Crippen molar-refractivity contribution in [3.8, 4) is 0 Å². The zero-order chi connectivity index (χ0) is 33.4. The van der Waals surface area contributed by atoms with E-state index in [1.54, 1.807) is 0 Å². The van der Waals surface area contributed by atoms with Gasteiger partial charge in [-0.25, -0.2) is 0 Å². The monoisotopic (exact) mass is 638 g/mol. The van der Waals surface area contributed by atoms with Gasteiger partial charge in [0.2, 0.25) is 0 Å². The molecule has 0 saturated heterocycles. The molecule has 2 aliphatic rings. The Balaban J connectivity index is 1.13. The molecule has 4 aromatic carbocycles. The Morgan fingerprint density at radius 2 is 0.771 bits per heavy atom. The van der Waals surface area contributed by atoms with Crippen LogP contribution < -0.4 is 21.3 Å². The van der Waals surface area contributed by atoms with Crippen LogP contribution in [0.3, 0.4) is 0 Å². The summed E-state index contributed by atoms with van der Waals surface area (Å²) < 4.78 is 13.3. The summed E-state index contributed by atoms with van der Waals surface area (Å²) in [5.41, 5.74) is 9.65. The summed E-state index contributed by atoms with van der Waals surface area (Å²) in [6.45, 7) is 9.16. The molecule has 0 radical (unpaired) electrons. The van der Waals surface area contributed by atoms with E-state index in [1.807, 2.05) is 0 Å². The predicted octanol–water partition coefficient (Wildman–Crippen LogP) is 9.78. The van der Waals surface area contributed by atoms with Crippen molar-refractivity contribution >= 4 is 22.7 Å². The highest BCUT2D eigenvalue weighted by molar-refractivity contribution is 5.56. The largest absolute Gasteiger partial charge is 0.356 e. The maximum Gasteiger partial charge on any atom is 0.162 e. The van der Waals surface area contributed by atoms with E-state index in [-0.39, 0.29) is 0 Å². The van der Waals surface area contributed by atoms with Gasteiger partial charge in [-0.05, 0) is 101 Å². The molecule has 0 fully saturated rings. The van der Waals surface area contributed by atoms with Crippen LogP contribution in [0.4, 0.5) is 22.7 Å². The molecule has 0 spiro atoms. The van der Waals surface area contributed by atoms with E-state index >= 15 is 0 Å². The standard InChI is InChI=1S/C42H46N4O2/c1-31-5-13-35(14-6-31)43-37-21-25-41(26-22-37,45-39-17-9-33(3)10-18-39)47-29-30-48-42(46-40-19-11-34(4)12-20-40)27-23-38(24-28-42)44-36-15-7-32(2)8-16-36/h5-25,27,43-46H,26,28-30H2,1-4H3. The fraction of sp³-hybridized carbons (Fsp3) is 0.238. The number of anilines is 4. The molecule has 0 saturated carbocycles. The van der Waals surface area contributed by atoms with Gasteiger partial charge in [-0.1, -0.05) is 82.9 Å². The van der Waals surface area contributed by atoms with Gasteiger partial charge in [-0.2, -0.15) is 0 Å². The zero-order valence-electron chi connectivity index (χ0n) is 28.3. The SMILES string of the molecule is Cc1ccc(NC2=CCC(Nc3ccc(C)cc3)(OCCOC3(Nc4ccc(C)cc4)C=CC(Nc4ccc(C)cc4)=CC3)C=C2)cc1. The lowest BCUT2D eigenvalue weighted by Crippen LogP contribution is -2.44. The summed E-state index contributed by atoms with van der Waals surface area (Å²) in [5, 5.41) is 14.3. The Kier molecular flexibility index (Phi) is 10.1. The number of rotatable bonds is 13. The van der Waals surface area contributed by atoms with Gasteiger partial charge >= 0.3 is 0 Å². The molecule has 6 rings (SSSR count). The van der Waals surface area contributed by atoms with Crippen molar-refractivity contribution < 1.29 is 9.47 Å². The quantitative estimate of drug-likeness (QED) is 0.0864. The molecule has 0 aromatic heterocycles. The molecular formula is C42H46N4O2. The van der Waals surface area contributed by atoms with Crippen molar-refractivity contribution in [2.45, 2.75) is 52.0 Å². The number of nitrogens with one attached hydrogen (secondary N) is 4. The van der Waals surface area contributed by atoms with Crippen LogP contribution >= 0.6 is 0 Å². The van der Waals surface area contributed by atoms with Gasteiger partial charge in [0.15, 0.2) is 11.4 Å². The number of benzene rings is 4. The third-order valence-corrected chi connectivity index (χ3v) is 8.61. The lowest BCUT2D eigenvalue weighted by atomic mass is 10.0. The molecular weight excluding hydrogens is 592 g/mol. The number of ether oxygens (including phenoxy) is 2. The molecule has 246 valence electrons. The highest BCUT2D eigenvalue weighted by Gasteiger charge is 2.32. The van der Waals surface area contributed by atoms with Crippen molar-refractivity contribution in [2.75, 3.05) is 34.5 Å². The van der Waals surface area contributed by atoms with Crippen molar-refractivity contribution in [1.82, 2.24) is 0 Å². The summed E-state index contributed by atoms with van der Waals surface area (Å²) in [4.78, 5) is 0. The van der Waals surface area contributed by atoms with Gasteiger partial charge in [-0.3, -0.25) is 0 Å². The summed E-state index contributed by atoms with van der Waals surface area (Å²) >= 11 is 0. The molecule has 4 aromatic rings. The first-order valence-corrected chi connectivity index (χ1v) is 16.7. The topological polar surface area (TPSA) is 66.6 Å². The molecule has 2 unspecified atom stereocenters. The van der Waals surface area contributed by atoms with E-state index in [2.05, 4.69) is 182 Å². The highest BCUT2D eigenvalue weighted by Crippen LogP contribution is 2.31. The Morgan fingerprint density at radius 3 is 1.06 bits per heavy atom. The Bertz CT molecular complexity index is 1650. The number of hydrogen-bond acceptors (Lipinski definition) is 6. The third-order valence-electron chi connectivity index (χ3n) is 8.61. The van der Waals surface area contributed by atoms with Gasteiger partial charge in [0.1, 0.15) is 0 Å². The number of allylic oxidation sites excluding steroid dienone is 2. The highest BCUT2D eigenvalue weighted by atomic mass is 16.6. The van der Waals surface area contributed by atoms with Crippen LogP contribution in [0.1, 0.15) is 35.1 Å². The van der Waals surface area contributed by atoms with Crippen LogP contribution in [0.2, 0.25) is 0 Å². The van der Waals surface area contributed by atoms with Gasteiger partial charge in [0.05, 0.1) is 13.2 Å². The third kappa shape index (κ3) is 8.85. The summed E-state index contributed by atoms with van der Waals surface area (Å²) in [6, 6.07) is 33.6. The van der Waals surface area contributed by atoms with Crippen LogP contribution in [0, 0.1) is 27.7 Å². The molecule has 0 aliphatic heterocycles. The smallest absolute Gasteiger partial charge is 0.162 e. The van der Waals surface area contributed by atoms with Crippen LogP contribution in [-0.4, -0.2) is 24.7 Å². The minimum absolute atomic E-state index is 0.390. The van der Waals surface area contributed by atoms with Gasteiger partial charge in [0, 0.05) is 47.0 Å². The van der Waals surface area contributed by atoms with E-state index in [0.717, 1.165) is 34.1 Å². The maximum absolute atomic E-state index is 6.66. The van der Waals surface area contributed by atoms with Crippen molar-refractivity contribution in [2.24, 2.45) is 0 Å². The van der Waals surface area contributed by atoms with Crippen LogP contribution in [0.5, 0.6) is 0 Å². The van der Waals surface area contributed by atoms with E-state index in [9.17, 15) is 0 Å². The lowest BCUT2D eigenvalue weighted by Gasteiger charge is -2.37. The molecule has 0 bridgehead atoms. The minimum Gasteiger partial charge on any atom is -0.356 e. The Morgan fingerprint density at radius 1 is 0.458 bits per heavy atom. The normalized spacial score (nSPS) is 20.1. The summed E-state index contributed by atoms with van der Waals surface area (Å²) in [5.74, 6) is 0. The molecule has 4 N–H and O–H groups in total. The predicted molar refractivity (Wildman–Crippen MR) is 200 cm³/mol. The fourth-order valence-electron chi connectivity index (χ4n) is 5.72. The minimum atomic E-state index is -0.720. The second-order valence-corrected chi connectivity index (χ2v) is 12.8. The summed E-state index contributed by atoms with van der Waals surface area (Å²) in [7, 11) is 0. The molecule has 6 nitrogen and oxygen atoms in total. The van der Waals surface area contributed by atoms with Crippen LogP contribution in [0.25, 0.3) is 0 Å². The molecule has 6 heteroatoms. The Hall–Kier alpha value is -5.04. The maximum atomic E-state index is 6.66. The lowest BCUT2D eigenvalue weighted by molar-refractivity contribution is -0.0570. The van der Waals surface area contributed by atoms with Crippen molar-refractivity contribution in [1.29, 1.82) is 0 Å². The van der Waals surface area contributed by atoms with Gasteiger partial charge in [-0.15, -0.1) is 0 Å². The number of hydrogen-bond donors (Lipinski definition) is 4. The summed E-state index contributed by atoms with van der Waals surface area (Å²) in [6.07, 6.45) is 14.0.